The highest BCUT2D eigenvalue weighted by Gasteiger charge is 2.33. The van der Waals surface area contributed by atoms with Crippen molar-refractivity contribution in [2.75, 3.05) is 5.73 Å². The fourth-order valence-electron chi connectivity index (χ4n) is 2.44. The Morgan fingerprint density at radius 2 is 1.90 bits per heavy atom. The summed E-state index contributed by atoms with van der Waals surface area (Å²) in [5, 5.41) is 0.159. The summed E-state index contributed by atoms with van der Waals surface area (Å²) < 4.78 is 40.9. The Bertz CT molecular complexity index is 819. The number of nitrogens with zero attached hydrogens (tertiary/aromatic N) is 2. The van der Waals surface area contributed by atoms with Crippen LogP contribution in [0.25, 0.3) is 22.3 Å². The van der Waals surface area contributed by atoms with E-state index in [1.165, 1.54) is 18.3 Å². The molecule has 2 aromatic heterocycles. The number of pyridine rings is 1. The second kappa shape index (κ2) is 4.51. The van der Waals surface area contributed by atoms with Crippen molar-refractivity contribution < 1.29 is 13.2 Å². The SMILES string of the molecule is Cn1c(-c2cc(N)ccn2)cc2c(C(F)(F)F)cccc21. The number of halogens is 3. The minimum Gasteiger partial charge on any atom is -0.399 e. The van der Waals surface area contributed by atoms with Gasteiger partial charge in [0, 0.05) is 29.8 Å². The number of anilines is 1. The molecule has 2 N–H and O–H groups in total. The van der Waals surface area contributed by atoms with Crippen LogP contribution in [0.1, 0.15) is 5.56 Å². The van der Waals surface area contributed by atoms with E-state index in [1.807, 2.05) is 0 Å². The van der Waals surface area contributed by atoms with Gasteiger partial charge in [0.15, 0.2) is 0 Å². The van der Waals surface area contributed by atoms with Crippen molar-refractivity contribution in [1.82, 2.24) is 9.55 Å². The van der Waals surface area contributed by atoms with Crippen molar-refractivity contribution >= 4 is 16.6 Å². The van der Waals surface area contributed by atoms with Crippen molar-refractivity contribution in [2.45, 2.75) is 6.18 Å². The third-order valence-corrected chi connectivity index (χ3v) is 3.44. The van der Waals surface area contributed by atoms with Gasteiger partial charge in [-0.15, -0.1) is 0 Å². The zero-order valence-corrected chi connectivity index (χ0v) is 11.1. The quantitative estimate of drug-likeness (QED) is 0.740. The van der Waals surface area contributed by atoms with Crippen LogP contribution < -0.4 is 5.73 Å². The van der Waals surface area contributed by atoms with E-state index < -0.39 is 11.7 Å². The van der Waals surface area contributed by atoms with Crippen LogP contribution >= 0.6 is 0 Å². The summed E-state index contributed by atoms with van der Waals surface area (Å²) in [6.45, 7) is 0. The Labute approximate surface area is 118 Å². The van der Waals surface area contributed by atoms with Crippen LogP contribution in [0.15, 0.2) is 42.6 Å². The van der Waals surface area contributed by atoms with E-state index in [-0.39, 0.29) is 5.39 Å². The van der Waals surface area contributed by atoms with Gasteiger partial charge in [-0.05, 0) is 30.3 Å². The molecule has 108 valence electrons. The number of alkyl halides is 3. The summed E-state index contributed by atoms with van der Waals surface area (Å²) >= 11 is 0. The highest BCUT2D eigenvalue weighted by molar-refractivity contribution is 5.89. The monoisotopic (exact) mass is 291 g/mol. The van der Waals surface area contributed by atoms with Crippen molar-refractivity contribution in [3.05, 3.63) is 48.2 Å². The minimum absolute atomic E-state index is 0.159. The molecule has 0 spiro atoms. The molecule has 1 aromatic carbocycles. The number of fused-ring (bicyclic) bond motifs is 1. The Kier molecular flexibility index (Phi) is 2.90. The van der Waals surface area contributed by atoms with Gasteiger partial charge in [0.2, 0.25) is 0 Å². The summed E-state index contributed by atoms with van der Waals surface area (Å²) in [7, 11) is 1.71. The van der Waals surface area contributed by atoms with E-state index >= 15 is 0 Å². The van der Waals surface area contributed by atoms with Crippen molar-refractivity contribution in [3.8, 4) is 11.4 Å². The van der Waals surface area contributed by atoms with Gasteiger partial charge in [0.05, 0.1) is 17.0 Å². The zero-order valence-electron chi connectivity index (χ0n) is 11.1. The number of rotatable bonds is 1. The van der Waals surface area contributed by atoms with Crippen LogP contribution in [0, 0.1) is 0 Å². The predicted molar refractivity (Wildman–Crippen MR) is 75.6 cm³/mol. The zero-order chi connectivity index (χ0) is 15.2. The van der Waals surface area contributed by atoms with Gasteiger partial charge < -0.3 is 10.3 Å². The van der Waals surface area contributed by atoms with E-state index in [2.05, 4.69) is 4.98 Å². The summed E-state index contributed by atoms with van der Waals surface area (Å²) in [6.07, 6.45) is -2.85. The first-order valence-corrected chi connectivity index (χ1v) is 6.25. The van der Waals surface area contributed by atoms with Gasteiger partial charge in [-0.3, -0.25) is 4.98 Å². The molecule has 0 saturated carbocycles. The molecule has 0 fully saturated rings. The largest absolute Gasteiger partial charge is 0.417 e. The first kappa shape index (κ1) is 13.5. The Morgan fingerprint density at radius 3 is 2.57 bits per heavy atom. The highest BCUT2D eigenvalue weighted by atomic mass is 19.4. The lowest BCUT2D eigenvalue weighted by Gasteiger charge is -2.08. The van der Waals surface area contributed by atoms with Gasteiger partial charge in [-0.1, -0.05) is 6.07 Å². The van der Waals surface area contributed by atoms with Crippen LogP contribution in [0.2, 0.25) is 0 Å². The van der Waals surface area contributed by atoms with E-state index in [1.54, 1.807) is 29.8 Å². The van der Waals surface area contributed by atoms with Crippen molar-refractivity contribution in [1.29, 1.82) is 0 Å². The molecular formula is C15H12F3N3. The second-order valence-corrected chi connectivity index (χ2v) is 4.80. The maximum absolute atomic E-state index is 13.1. The number of hydrogen-bond acceptors (Lipinski definition) is 2. The first-order chi connectivity index (χ1) is 9.88. The molecule has 0 saturated heterocycles. The first-order valence-electron chi connectivity index (χ1n) is 6.25. The molecule has 0 aliphatic rings. The molecule has 2 heterocycles. The highest BCUT2D eigenvalue weighted by Crippen LogP contribution is 2.37. The summed E-state index contributed by atoms with van der Waals surface area (Å²) in [5.41, 5.74) is 7.22. The minimum atomic E-state index is -4.39. The predicted octanol–water partition coefficient (Wildman–Crippen LogP) is 3.84. The topological polar surface area (TPSA) is 43.8 Å². The smallest absolute Gasteiger partial charge is 0.399 e. The second-order valence-electron chi connectivity index (χ2n) is 4.80. The molecule has 21 heavy (non-hydrogen) atoms. The van der Waals surface area contributed by atoms with Crippen LogP contribution in [0.5, 0.6) is 0 Å². The molecular weight excluding hydrogens is 279 g/mol. The molecule has 0 bridgehead atoms. The number of hydrogen-bond donors (Lipinski definition) is 1. The summed E-state index contributed by atoms with van der Waals surface area (Å²) in [5.74, 6) is 0. The van der Waals surface area contributed by atoms with E-state index in [4.69, 9.17) is 5.73 Å². The van der Waals surface area contributed by atoms with Gasteiger partial charge in [0.1, 0.15) is 0 Å². The van der Waals surface area contributed by atoms with Gasteiger partial charge >= 0.3 is 6.18 Å². The van der Waals surface area contributed by atoms with Crippen molar-refractivity contribution in [3.63, 3.8) is 0 Å². The number of nitrogen functional groups attached to an aromatic ring is 1. The van der Waals surface area contributed by atoms with Gasteiger partial charge in [-0.25, -0.2) is 0 Å². The maximum Gasteiger partial charge on any atom is 0.417 e. The maximum atomic E-state index is 13.1. The standard InChI is InChI=1S/C15H12F3N3/c1-21-13-4-2-3-11(15(16,17)18)10(13)8-14(21)12-7-9(19)5-6-20-12/h2-8H,1H3,(H2,19,20). The fourth-order valence-corrected chi connectivity index (χ4v) is 2.44. The lowest BCUT2D eigenvalue weighted by molar-refractivity contribution is -0.136. The Balaban J connectivity index is 2.30. The summed E-state index contributed by atoms with van der Waals surface area (Å²) in [6, 6.07) is 8.91. The number of aromatic nitrogens is 2. The molecule has 0 aliphatic carbocycles. The lowest BCUT2D eigenvalue weighted by atomic mass is 10.1. The molecule has 0 amide bonds. The third kappa shape index (κ3) is 2.22. The average molecular weight is 291 g/mol. The molecule has 3 rings (SSSR count). The normalized spacial score (nSPS) is 12.0. The number of nitrogens with two attached hydrogens (primary N) is 1. The summed E-state index contributed by atoms with van der Waals surface area (Å²) in [4.78, 5) is 4.18. The Hall–Kier alpha value is -2.50. The molecule has 0 unspecified atom stereocenters. The molecule has 3 aromatic rings. The number of benzene rings is 1. The molecule has 6 heteroatoms. The fraction of sp³-hybridized carbons (Fsp3) is 0.133. The third-order valence-electron chi connectivity index (χ3n) is 3.44. The van der Waals surface area contributed by atoms with Crippen LogP contribution in [0.3, 0.4) is 0 Å². The molecule has 0 aliphatic heterocycles. The van der Waals surface area contributed by atoms with Crippen LogP contribution in [-0.4, -0.2) is 9.55 Å². The Morgan fingerprint density at radius 1 is 1.14 bits per heavy atom. The van der Waals surface area contributed by atoms with E-state index in [0.717, 1.165) is 6.07 Å². The van der Waals surface area contributed by atoms with Crippen LogP contribution in [-0.2, 0) is 13.2 Å². The number of aryl methyl sites for hydroxylation is 1. The van der Waals surface area contributed by atoms with E-state index in [0.29, 0.717) is 22.6 Å². The molecule has 0 radical (unpaired) electrons. The lowest BCUT2D eigenvalue weighted by Crippen LogP contribution is -2.05. The van der Waals surface area contributed by atoms with Gasteiger partial charge in [0.25, 0.3) is 0 Å². The van der Waals surface area contributed by atoms with Crippen LogP contribution in [0.4, 0.5) is 18.9 Å². The van der Waals surface area contributed by atoms with Gasteiger partial charge in [-0.2, -0.15) is 13.2 Å². The molecule has 0 atom stereocenters. The van der Waals surface area contributed by atoms with Crippen molar-refractivity contribution in [2.24, 2.45) is 7.05 Å². The van der Waals surface area contributed by atoms with E-state index in [9.17, 15) is 13.2 Å². The molecule has 3 nitrogen and oxygen atoms in total. The average Bonchev–Trinajstić information content (AvgIpc) is 2.75.